The van der Waals surface area contributed by atoms with Crippen LogP contribution in [0.4, 0.5) is 17.1 Å². The van der Waals surface area contributed by atoms with Crippen molar-refractivity contribution in [1.82, 2.24) is 0 Å². The van der Waals surface area contributed by atoms with Gasteiger partial charge in [-0.3, -0.25) is 0 Å². The summed E-state index contributed by atoms with van der Waals surface area (Å²) < 4.78 is 312. The molecule has 0 fully saturated rings. The molecule has 12 aromatic rings. The fourth-order valence-electron chi connectivity index (χ4n) is 9.46. The Morgan fingerprint density at radius 3 is 1.96 bits per heavy atom. The zero-order valence-corrected chi connectivity index (χ0v) is 34.7. The Labute approximate surface area is 442 Å². The van der Waals surface area contributed by atoms with Gasteiger partial charge in [0.2, 0.25) is 0 Å². The van der Waals surface area contributed by atoms with Crippen molar-refractivity contribution < 1.29 is 45.2 Å². The van der Waals surface area contributed by atoms with Crippen molar-refractivity contribution in [3.8, 4) is 55.6 Å². The lowest BCUT2D eigenvalue weighted by atomic mass is 9.70. The second kappa shape index (κ2) is 15.1. The summed E-state index contributed by atoms with van der Waals surface area (Å²) in [6, 6.07) is -15.9. The minimum atomic E-state index is -2.54. The van der Waals surface area contributed by atoms with E-state index in [9.17, 15) is 27.4 Å². The minimum Gasteiger partial charge on any atom is -0.310 e. The maximum absolute atomic E-state index is 11.0. The van der Waals surface area contributed by atoms with Crippen LogP contribution >= 0.6 is 0 Å². The first-order valence-corrected chi connectivity index (χ1v) is 21.0. The topological polar surface area (TPSA) is 3.24 Å². The summed E-state index contributed by atoms with van der Waals surface area (Å²) in [5.41, 5.74) is -11.9. The van der Waals surface area contributed by atoms with Crippen LogP contribution in [0.5, 0.6) is 0 Å². The number of nitrogens with zero attached hydrogens (tertiary/aromatic N) is 1. The molecule has 0 amide bonds. The monoisotopic (exact) mass is 895 g/mol. The molecule has 0 N–H and O–H groups in total. The van der Waals surface area contributed by atoms with Gasteiger partial charge in [-0.1, -0.05) is 230 Å². The Hall–Kier alpha value is -8.78. The average molecular weight is 895 g/mol. The molecule has 12 aromatic carbocycles. The molecule has 2 aliphatic rings. The van der Waals surface area contributed by atoms with Gasteiger partial charge in [0.05, 0.1) is 56.3 Å². The van der Waals surface area contributed by atoms with Crippen molar-refractivity contribution >= 4 is 49.4 Å². The molecule has 2 aliphatic carbocycles. The van der Waals surface area contributed by atoms with Crippen molar-refractivity contribution in [3.05, 3.63) is 282 Å². The van der Waals surface area contributed by atoms with E-state index in [1.165, 1.54) is 6.07 Å². The van der Waals surface area contributed by atoms with Crippen molar-refractivity contribution in [3.63, 3.8) is 0 Å². The van der Waals surface area contributed by atoms with Gasteiger partial charge >= 0.3 is 0 Å². The number of anilines is 3. The molecule has 1 nitrogen and oxygen atoms in total. The number of hydrogen-bond acceptors (Lipinski definition) is 1. The summed E-state index contributed by atoms with van der Waals surface area (Å²) in [7, 11) is 0. The van der Waals surface area contributed by atoms with Gasteiger partial charge in [-0.05, 0) is 135 Å². The molecule has 68 heavy (non-hydrogen) atoms. The Kier molecular flexibility index (Phi) is 4.04. The number of rotatable bonds is 6. The lowest BCUT2D eigenvalue weighted by Crippen LogP contribution is -2.26. The second-order valence-corrected chi connectivity index (χ2v) is 15.7. The van der Waals surface area contributed by atoms with E-state index in [1.54, 1.807) is 0 Å². The molecule has 1 unspecified atom stereocenters. The molecule has 0 saturated carbocycles. The third-order valence-corrected chi connectivity index (χ3v) is 12.3. The molecule has 1 spiro atoms. The highest BCUT2D eigenvalue weighted by Gasteiger charge is 2.51. The Balaban J connectivity index is 1.19. The number of hydrogen-bond donors (Lipinski definition) is 0. The maximum atomic E-state index is 11.0. The summed E-state index contributed by atoms with van der Waals surface area (Å²) in [5.74, 6) is 0. The highest BCUT2D eigenvalue weighted by molar-refractivity contribution is 6.15. The lowest BCUT2D eigenvalue weighted by molar-refractivity contribution is 0.793. The normalized spacial score (nSPS) is 21.0. The van der Waals surface area contributed by atoms with Crippen molar-refractivity contribution in [2.24, 2.45) is 0 Å². The third-order valence-electron chi connectivity index (χ3n) is 12.3. The first-order chi connectivity index (χ1) is 47.4. The van der Waals surface area contributed by atoms with Crippen LogP contribution in [0.25, 0.3) is 88.0 Å². The first kappa shape index (κ1) is 18.1. The molecule has 0 aromatic heterocycles. The predicted octanol–water partition coefficient (Wildman–Crippen LogP) is 18.0. The van der Waals surface area contributed by atoms with Gasteiger partial charge in [0.15, 0.2) is 0 Å². The van der Waals surface area contributed by atoms with Crippen LogP contribution < -0.4 is 4.90 Å². The van der Waals surface area contributed by atoms with E-state index >= 15 is 0 Å². The van der Waals surface area contributed by atoms with E-state index in [0.717, 1.165) is 54.6 Å². The molecule has 316 valence electrons. The van der Waals surface area contributed by atoms with Crippen molar-refractivity contribution in [1.29, 1.82) is 0 Å². The Morgan fingerprint density at radius 2 is 1.00 bits per heavy atom. The van der Waals surface area contributed by atoms with Crippen LogP contribution in [0, 0.1) is 0 Å². The van der Waals surface area contributed by atoms with Gasteiger partial charge in [-0.15, -0.1) is 0 Å². The smallest absolute Gasteiger partial charge is 0.0726 e. The number of fused-ring (bicyclic) bond motifs is 14. The fourth-order valence-corrected chi connectivity index (χ4v) is 9.46. The summed E-state index contributed by atoms with van der Waals surface area (Å²) in [6.07, 6.45) is 0. The lowest BCUT2D eigenvalue weighted by Gasteiger charge is -2.32. The molecule has 0 radical (unpaired) electrons. The molecule has 0 bridgehead atoms. The van der Waals surface area contributed by atoms with Gasteiger partial charge < -0.3 is 4.90 Å². The number of benzene rings is 12. The van der Waals surface area contributed by atoms with Crippen LogP contribution in [-0.2, 0) is 5.41 Å². The Morgan fingerprint density at radius 1 is 0.309 bits per heavy atom. The molecular formula is C67H43N. The third kappa shape index (κ3) is 5.63. The summed E-state index contributed by atoms with van der Waals surface area (Å²) in [6.45, 7) is 0. The van der Waals surface area contributed by atoms with Crippen LogP contribution in [0.15, 0.2) is 260 Å². The summed E-state index contributed by atoms with van der Waals surface area (Å²) in [5, 5.41) is -3.10. The highest BCUT2D eigenvalue weighted by atomic mass is 15.1. The van der Waals surface area contributed by atoms with Gasteiger partial charge in [-0.2, -0.15) is 0 Å². The largest absolute Gasteiger partial charge is 0.310 e. The van der Waals surface area contributed by atoms with E-state index in [1.807, 2.05) is 0 Å². The van der Waals surface area contributed by atoms with Crippen molar-refractivity contribution in [2.75, 3.05) is 4.90 Å². The summed E-state index contributed by atoms with van der Waals surface area (Å²) >= 11 is 0. The van der Waals surface area contributed by atoms with Crippen LogP contribution in [0.3, 0.4) is 0 Å². The maximum Gasteiger partial charge on any atom is 0.0726 e. The standard InChI is InChI=1S/C67H43N/c1-2-16-44(17-3-1)45-30-32-48(33-31-45)66-53-21-7-4-18-46(53)36-40-54(66)47-34-37-50(38-35-47)68(65-42-49-19-5-6-20-52(49)55-22-8-9-26-60(55)65)51-39-41-59-58-25-12-15-29-63(58)67(64(59)43-51)61-27-13-10-23-56(61)57-24-11-14-28-62(57)67/h1-43H/i2D,4D,5D,7D,9D,10D,11D,12D,13D,14D,16D,17D,18D,19D,20D,22D,23D,24D,25D,26D,27D,30D,32D,33D,34D,35D,36D,37D,39D,40D,41D,42D,43D. The van der Waals surface area contributed by atoms with E-state index in [-0.39, 0.29) is 45.5 Å². The first-order valence-electron chi connectivity index (χ1n) is 37.5. The summed E-state index contributed by atoms with van der Waals surface area (Å²) in [4.78, 5) is 0.658. The quantitative estimate of drug-likeness (QED) is 0.150. The van der Waals surface area contributed by atoms with Gasteiger partial charge in [0, 0.05) is 16.8 Å². The van der Waals surface area contributed by atoms with E-state index in [4.69, 9.17) is 17.8 Å². The zero-order chi connectivity index (χ0) is 73.5. The predicted molar refractivity (Wildman–Crippen MR) is 286 cm³/mol. The van der Waals surface area contributed by atoms with Crippen LogP contribution in [-0.4, -0.2) is 0 Å². The van der Waals surface area contributed by atoms with Crippen molar-refractivity contribution in [2.45, 2.75) is 5.41 Å². The molecular weight excluding hydrogens is 819 g/mol. The average Bonchev–Trinajstić information content (AvgIpc) is 1.49. The van der Waals surface area contributed by atoms with Crippen LogP contribution in [0.2, 0.25) is 0 Å². The molecule has 0 aliphatic heterocycles. The van der Waals surface area contributed by atoms with E-state index in [0.29, 0.717) is 4.90 Å². The van der Waals surface area contributed by atoms with E-state index in [2.05, 4.69) is 0 Å². The second-order valence-electron chi connectivity index (χ2n) is 15.7. The Bertz CT molecular complexity index is 5960. The minimum absolute atomic E-state index is 0.191. The van der Waals surface area contributed by atoms with Gasteiger partial charge in [0.25, 0.3) is 0 Å². The molecule has 1 heteroatoms. The molecule has 1 atom stereocenters. The van der Waals surface area contributed by atoms with Gasteiger partial charge in [0.1, 0.15) is 0 Å². The van der Waals surface area contributed by atoms with Crippen LogP contribution in [0.1, 0.15) is 67.5 Å². The fraction of sp³-hybridized carbons (Fsp3) is 0.0149. The molecule has 14 rings (SSSR count). The van der Waals surface area contributed by atoms with Gasteiger partial charge in [-0.25, -0.2) is 0 Å². The van der Waals surface area contributed by atoms with E-state index < -0.39 is 287 Å². The SMILES string of the molecule is [2H]c1cc2c(c([2H])c1[2H])-c1c([2H])c([2H])c([2H])c([2H])c1C21c2ccc([2H])c([2H])c2-c2c([2H])c([2H])c(N(c3cc([2H])c(-c4c([2H])c([2H])c5c([2H])c([2H])c([2H])cc5c4-c4c([2H])cc(-c5c([2H])ccc([2H])c5[2H])c([2H])c4[2H])c([2H])c3[2H])c3c([2H])c4c([2H])c([2H])cc([2H])c4c4c([2H])cc([2H])c([2H])c34)c([2H])c21. The molecule has 0 saturated heterocycles. The molecule has 0 heterocycles. The highest BCUT2D eigenvalue weighted by Crippen LogP contribution is 2.63. The zero-order valence-electron chi connectivity index (χ0n) is 67.7.